The molecule has 0 aliphatic heterocycles. The molecule has 0 aliphatic rings. The van der Waals surface area contributed by atoms with E-state index in [2.05, 4.69) is 15.3 Å². The lowest BCUT2D eigenvalue weighted by molar-refractivity contribution is 0.0601. The van der Waals surface area contributed by atoms with Crippen molar-refractivity contribution in [1.29, 1.82) is 0 Å². The van der Waals surface area contributed by atoms with Crippen molar-refractivity contribution in [2.24, 2.45) is 0 Å². The van der Waals surface area contributed by atoms with Gasteiger partial charge in [-0.1, -0.05) is 17.7 Å². The molecule has 0 spiro atoms. The van der Waals surface area contributed by atoms with Gasteiger partial charge in [-0.25, -0.2) is 14.8 Å². The highest BCUT2D eigenvalue weighted by Crippen LogP contribution is 2.26. The molecule has 0 unspecified atom stereocenters. The quantitative estimate of drug-likeness (QED) is 0.545. The third kappa shape index (κ3) is 2.84. The van der Waals surface area contributed by atoms with Crippen molar-refractivity contribution in [1.82, 2.24) is 14.4 Å². The maximum Gasteiger partial charge on any atom is 0.337 e. The number of carbonyl (C=O) groups is 1. The Labute approximate surface area is 154 Å². The molecular formula is C19H15ClN4O2. The number of ether oxygens (including phenoxy) is 1. The standard InChI is InChI=1S/C19H15ClN4O2/c1-11-10-24-17(21-11)15-7-6-12(18(25)26-2)8-16(15)23-19(24)22-14-5-3-4-13(20)9-14/h3-10H,1-2H3,(H,22,23). The summed E-state index contributed by atoms with van der Waals surface area (Å²) in [5.74, 6) is 0.176. The molecule has 4 rings (SSSR count). The molecule has 0 saturated carbocycles. The number of nitrogens with one attached hydrogen (secondary N) is 1. The maximum atomic E-state index is 11.8. The average Bonchev–Trinajstić information content (AvgIpc) is 3.02. The number of hydrogen-bond acceptors (Lipinski definition) is 5. The lowest BCUT2D eigenvalue weighted by Gasteiger charge is -2.11. The number of nitrogens with zero attached hydrogens (tertiary/aromatic N) is 3. The van der Waals surface area contributed by atoms with E-state index >= 15 is 0 Å². The van der Waals surface area contributed by atoms with Gasteiger partial charge in [-0.2, -0.15) is 0 Å². The first-order valence-corrected chi connectivity index (χ1v) is 8.33. The van der Waals surface area contributed by atoms with Crippen LogP contribution in [-0.4, -0.2) is 27.4 Å². The predicted octanol–water partition coefficient (Wildman–Crippen LogP) is 4.37. The second kappa shape index (κ2) is 6.31. The van der Waals surface area contributed by atoms with Gasteiger partial charge in [-0.3, -0.25) is 4.40 Å². The average molecular weight is 367 g/mol. The predicted molar refractivity (Wildman–Crippen MR) is 101 cm³/mol. The summed E-state index contributed by atoms with van der Waals surface area (Å²) in [6, 6.07) is 12.6. The second-order valence-corrected chi connectivity index (χ2v) is 6.31. The minimum Gasteiger partial charge on any atom is -0.465 e. The van der Waals surface area contributed by atoms with E-state index < -0.39 is 5.97 Å². The van der Waals surface area contributed by atoms with Crippen molar-refractivity contribution < 1.29 is 9.53 Å². The van der Waals surface area contributed by atoms with Crippen LogP contribution in [0.2, 0.25) is 5.02 Å². The van der Waals surface area contributed by atoms with Gasteiger partial charge in [0.15, 0.2) is 0 Å². The van der Waals surface area contributed by atoms with E-state index in [0.29, 0.717) is 22.1 Å². The largest absolute Gasteiger partial charge is 0.465 e. The molecule has 0 fully saturated rings. The number of benzene rings is 2. The van der Waals surface area contributed by atoms with Crippen molar-refractivity contribution in [3.05, 3.63) is 64.9 Å². The molecule has 2 aromatic heterocycles. The van der Waals surface area contributed by atoms with Crippen LogP contribution in [0.25, 0.3) is 16.6 Å². The van der Waals surface area contributed by atoms with Crippen molar-refractivity contribution >= 4 is 45.8 Å². The third-order valence-electron chi connectivity index (χ3n) is 4.02. The zero-order valence-electron chi connectivity index (χ0n) is 14.2. The number of aryl methyl sites for hydroxylation is 1. The lowest BCUT2D eigenvalue weighted by atomic mass is 10.1. The van der Waals surface area contributed by atoms with Crippen LogP contribution >= 0.6 is 11.6 Å². The van der Waals surface area contributed by atoms with Gasteiger partial charge in [0.1, 0.15) is 5.65 Å². The molecule has 0 amide bonds. The van der Waals surface area contributed by atoms with Gasteiger partial charge in [0.05, 0.1) is 23.9 Å². The molecule has 6 nitrogen and oxygen atoms in total. The molecule has 26 heavy (non-hydrogen) atoms. The van der Waals surface area contributed by atoms with Crippen LogP contribution < -0.4 is 5.32 Å². The number of halogens is 1. The molecule has 0 radical (unpaired) electrons. The van der Waals surface area contributed by atoms with E-state index in [-0.39, 0.29) is 0 Å². The topological polar surface area (TPSA) is 68.5 Å². The van der Waals surface area contributed by atoms with Gasteiger partial charge >= 0.3 is 5.97 Å². The SMILES string of the molecule is COC(=O)c1ccc2c(c1)nc(Nc1cccc(Cl)c1)n1cc(C)nc21. The molecule has 0 saturated heterocycles. The van der Waals surface area contributed by atoms with E-state index in [0.717, 1.165) is 22.4 Å². The van der Waals surface area contributed by atoms with Crippen molar-refractivity contribution in [2.45, 2.75) is 6.92 Å². The molecule has 7 heteroatoms. The highest BCUT2D eigenvalue weighted by atomic mass is 35.5. The number of imidazole rings is 1. The Morgan fingerprint density at radius 2 is 2.04 bits per heavy atom. The minimum atomic E-state index is -0.405. The molecule has 0 aliphatic carbocycles. The molecule has 2 heterocycles. The zero-order valence-corrected chi connectivity index (χ0v) is 14.9. The molecule has 0 atom stereocenters. The Bertz CT molecular complexity index is 1150. The summed E-state index contributed by atoms with van der Waals surface area (Å²) >= 11 is 6.07. The summed E-state index contributed by atoms with van der Waals surface area (Å²) in [5.41, 5.74) is 3.52. The van der Waals surface area contributed by atoms with Crippen LogP contribution in [0.4, 0.5) is 11.6 Å². The number of aromatic nitrogens is 3. The van der Waals surface area contributed by atoms with Crippen LogP contribution in [0.3, 0.4) is 0 Å². The van der Waals surface area contributed by atoms with Crippen LogP contribution in [0.15, 0.2) is 48.7 Å². The number of esters is 1. The van der Waals surface area contributed by atoms with Gasteiger partial charge in [0.2, 0.25) is 5.95 Å². The molecule has 4 aromatic rings. The van der Waals surface area contributed by atoms with Crippen LogP contribution in [0.1, 0.15) is 16.1 Å². The molecule has 2 aromatic carbocycles. The summed E-state index contributed by atoms with van der Waals surface area (Å²) in [6.45, 7) is 1.92. The van der Waals surface area contributed by atoms with E-state index in [1.807, 2.05) is 41.8 Å². The maximum absolute atomic E-state index is 11.8. The van der Waals surface area contributed by atoms with Crippen molar-refractivity contribution in [3.63, 3.8) is 0 Å². The second-order valence-electron chi connectivity index (χ2n) is 5.87. The van der Waals surface area contributed by atoms with Gasteiger partial charge in [-0.05, 0) is 43.3 Å². The number of anilines is 2. The Balaban J connectivity index is 1.93. The van der Waals surface area contributed by atoms with E-state index in [1.54, 1.807) is 18.2 Å². The Kier molecular flexibility index (Phi) is 3.97. The first kappa shape index (κ1) is 16.4. The summed E-state index contributed by atoms with van der Waals surface area (Å²) in [6.07, 6.45) is 1.91. The fourth-order valence-corrected chi connectivity index (χ4v) is 3.05. The summed E-state index contributed by atoms with van der Waals surface area (Å²) in [7, 11) is 1.35. The first-order chi connectivity index (χ1) is 12.5. The Morgan fingerprint density at radius 1 is 1.19 bits per heavy atom. The monoisotopic (exact) mass is 366 g/mol. The van der Waals surface area contributed by atoms with E-state index in [1.165, 1.54) is 7.11 Å². The van der Waals surface area contributed by atoms with E-state index in [4.69, 9.17) is 16.3 Å². The van der Waals surface area contributed by atoms with Gasteiger partial charge in [0, 0.05) is 22.3 Å². The van der Waals surface area contributed by atoms with Crippen molar-refractivity contribution in [2.75, 3.05) is 12.4 Å². The van der Waals surface area contributed by atoms with Crippen LogP contribution in [0, 0.1) is 6.92 Å². The number of rotatable bonds is 3. The van der Waals surface area contributed by atoms with Crippen LogP contribution in [0.5, 0.6) is 0 Å². The molecule has 1 N–H and O–H groups in total. The third-order valence-corrected chi connectivity index (χ3v) is 4.26. The number of hydrogen-bond donors (Lipinski definition) is 1. The lowest BCUT2D eigenvalue weighted by Crippen LogP contribution is -2.04. The van der Waals surface area contributed by atoms with Crippen molar-refractivity contribution in [3.8, 4) is 0 Å². The van der Waals surface area contributed by atoms with Crippen LogP contribution in [-0.2, 0) is 4.74 Å². The number of carbonyl (C=O) groups excluding carboxylic acids is 1. The molecule has 130 valence electrons. The summed E-state index contributed by atoms with van der Waals surface area (Å²) in [4.78, 5) is 21.1. The Morgan fingerprint density at radius 3 is 2.81 bits per heavy atom. The zero-order chi connectivity index (χ0) is 18.3. The first-order valence-electron chi connectivity index (χ1n) is 7.95. The van der Waals surface area contributed by atoms with Gasteiger partial charge in [-0.15, -0.1) is 0 Å². The number of fused-ring (bicyclic) bond motifs is 3. The molecular weight excluding hydrogens is 352 g/mol. The summed E-state index contributed by atoms with van der Waals surface area (Å²) < 4.78 is 6.68. The van der Waals surface area contributed by atoms with E-state index in [9.17, 15) is 4.79 Å². The molecule has 0 bridgehead atoms. The Hall–Kier alpha value is -3.12. The smallest absolute Gasteiger partial charge is 0.337 e. The normalized spacial score (nSPS) is 11.0. The number of methoxy groups -OCH3 is 1. The fraction of sp³-hybridized carbons (Fsp3) is 0.105. The highest BCUT2D eigenvalue weighted by Gasteiger charge is 2.14. The highest BCUT2D eigenvalue weighted by molar-refractivity contribution is 6.30. The summed E-state index contributed by atoms with van der Waals surface area (Å²) in [5, 5.41) is 4.74. The fourth-order valence-electron chi connectivity index (χ4n) is 2.86. The van der Waals surface area contributed by atoms with Gasteiger partial charge < -0.3 is 10.1 Å². The van der Waals surface area contributed by atoms with Gasteiger partial charge in [0.25, 0.3) is 0 Å². The minimum absolute atomic E-state index is 0.405.